The van der Waals surface area contributed by atoms with Gasteiger partial charge in [0.1, 0.15) is 28.5 Å². The van der Waals surface area contributed by atoms with Crippen molar-refractivity contribution in [3.05, 3.63) is 96.1 Å². The number of carbonyl (C=O) groups excluding carboxylic acids is 1. The Morgan fingerprint density at radius 2 is 1.57 bits per heavy atom. The van der Waals surface area contributed by atoms with E-state index in [1.165, 1.54) is 56.6 Å². The number of aromatic nitrogens is 1. The fourth-order valence-electron chi connectivity index (χ4n) is 4.80. The van der Waals surface area contributed by atoms with E-state index in [0.717, 1.165) is 10.6 Å². The molecule has 0 atom stereocenters. The van der Waals surface area contributed by atoms with Crippen LogP contribution in [0.4, 0.5) is 14.5 Å². The standard InChI is InChI=1S/C31H23F2N3O5S/c1-34-30(37)28-23-15-22(18-5-4-6-19(13-18)31-35-24-14-21(33)11-12-26(24)41-31)25(36(2)42(3,38)39)16-27(23)40-29(28)17-7-9-20(32)10-8-17/h4-16H,1-3H3,(H,34,37). The number of nitrogens with zero attached hydrogens (tertiary/aromatic N) is 2. The molecule has 2 aromatic heterocycles. The fourth-order valence-corrected chi connectivity index (χ4v) is 5.31. The van der Waals surface area contributed by atoms with Crippen LogP contribution in [-0.2, 0) is 10.0 Å². The van der Waals surface area contributed by atoms with E-state index >= 15 is 0 Å². The number of sulfonamides is 1. The minimum absolute atomic E-state index is 0.210. The molecule has 6 rings (SSSR count). The Balaban J connectivity index is 1.60. The highest BCUT2D eigenvalue weighted by molar-refractivity contribution is 7.92. The molecule has 0 unspecified atom stereocenters. The van der Waals surface area contributed by atoms with Gasteiger partial charge in [0.2, 0.25) is 15.9 Å². The van der Waals surface area contributed by atoms with Gasteiger partial charge in [-0.05, 0) is 60.2 Å². The summed E-state index contributed by atoms with van der Waals surface area (Å²) in [5, 5.41) is 3.05. The van der Waals surface area contributed by atoms with Crippen LogP contribution >= 0.6 is 0 Å². The summed E-state index contributed by atoms with van der Waals surface area (Å²) in [7, 11) is -0.812. The van der Waals surface area contributed by atoms with Crippen molar-refractivity contribution in [3.8, 4) is 33.9 Å². The van der Waals surface area contributed by atoms with Crippen LogP contribution in [0.25, 0.3) is 56.0 Å². The average Bonchev–Trinajstić information content (AvgIpc) is 3.56. The Hall–Kier alpha value is -5.03. The number of nitrogens with one attached hydrogen (secondary N) is 1. The summed E-state index contributed by atoms with van der Waals surface area (Å²) in [5.41, 5.74) is 3.67. The molecule has 11 heteroatoms. The zero-order valence-corrected chi connectivity index (χ0v) is 23.4. The second-order valence-corrected chi connectivity index (χ2v) is 11.7. The van der Waals surface area contributed by atoms with Gasteiger partial charge >= 0.3 is 0 Å². The molecule has 0 aliphatic rings. The van der Waals surface area contributed by atoms with Gasteiger partial charge in [-0.1, -0.05) is 12.1 Å². The lowest BCUT2D eigenvalue weighted by molar-refractivity contribution is 0.0964. The molecular formula is C31H23F2N3O5S. The lowest BCUT2D eigenvalue weighted by Crippen LogP contribution is -2.25. The predicted molar refractivity (Wildman–Crippen MR) is 157 cm³/mol. The summed E-state index contributed by atoms with van der Waals surface area (Å²) in [4.78, 5) is 17.5. The molecule has 0 saturated carbocycles. The number of carbonyl (C=O) groups is 1. The van der Waals surface area contributed by atoms with Crippen LogP contribution in [0.1, 0.15) is 10.4 Å². The van der Waals surface area contributed by atoms with Crippen molar-refractivity contribution in [1.29, 1.82) is 0 Å². The molecule has 1 N–H and O–H groups in total. The highest BCUT2D eigenvalue weighted by atomic mass is 32.2. The average molecular weight is 588 g/mol. The lowest BCUT2D eigenvalue weighted by atomic mass is 9.97. The van der Waals surface area contributed by atoms with Crippen LogP contribution in [0.2, 0.25) is 0 Å². The topological polar surface area (TPSA) is 106 Å². The van der Waals surface area contributed by atoms with Crippen molar-refractivity contribution in [1.82, 2.24) is 10.3 Å². The molecule has 1 amide bonds. The van der Waals surface area contributed by atoms with Crippen LogP contribution in [-0.4, -0.2) is 39.7 Å². The van der Waals surface area contributed by atoms with Crippen LogP contribution < -0.4 is 9.62 Å². The maximum atomic E-state index is 13.7. The molecule has 8 nitrogen and oxygen atoms in total. The van der Waals surface area contributed by atoms with E-state index in [1.54, 1.807) is 36.4 Å². The Labute approximate surface area is 239 Å². The van der Waals surface area contributed by atoms with Crippen molar-refractivity contribution in [2.45, 2.75) is 0 Å². The quantitative estimate of drug-likeness (QED) is 0.235. The van der Waals surface area contributed by atoms with E-state index in [-0.39, 0.29) is 22.8 Å². The highest BCUT2D eigenvalue weighted by Crippen LogP contribution is 2.42. The van der Waals surface area contributed by atoms with E-state index in [1.807, 2.05) is 0 Å². The van der Waals surface area contributed by atoms with E-state index in [9.17, 15) is 22.0 Å². The Morgan fingerprint density at radius 1 is 0.857 bits per heavy atom. The number of benzene rings is 4. The molecule has 42 heavy (non-hydrogen) atoms. The highest BCUT2D eigenvalue weighted by Gasteiger charge is 2.26. The summed E-state index contributed by atoms with van der Waals surface area (Å²) >= 11 is 0. The molecule has 0 bridgehead atoms. The largest absolute Gasteiger partial charge is 0.455 e. The third kappa shape index (κ3) is 4.77. The number of hydrogen-bond donors (Lipinski definition) is 1. The van der Waals surface area contributed by atoms with Gasteiger partial charge in [0.25, 0.3) is 5.91 Å². The first-order valence-electron chi connectivity index (χ1n) is 12.7. The minimum atomic E-state index is -3.72. The molecule has 0 aliphatic carbocycles. The van der Waals surface area contributed by atoms with Gasteiger partial charge in [-0.25, -0.2) is 22.2 Å². The SMILES string of the molecule is CNC(=O)c1c(-c2ccc(F)cc2)oc2cc(N(C)S(C)(=O)=O)c(-c3cccc(-c4nc5cc(F)ccc5o4)c3)cc12. The Kier molecular flexibility index (Phi) is 6.53. The van der Waals surface area contributed by atoms with Crippen LogP contribution in [0.3, 0.4) is 0 Å². The lowest BCUT2D eigenvalue weighted by Gasteiger charge is -2.21. The van der Waals surface area contributed by atoms with E-state index in [2.05, 4.69) is 10.3 Å². The number of fused-ring (bicyclic) bond motifs is 2. The smallest absolute Gasteiger partial charge is 0.255 e. The molecule has 212 valence electrons. The first-order chi connectivity index (χ1) is 20.0. The number of furan rings is 1. The molecule has 0 spiro atoms. The third-order valence-corrected chi connectivity index (χ3v) is 8.17. The predicted octanol–water partition coefficient (Wildman–Crippen LogP) is 6.61. The van der Waals surface area contributed by atoms with Gasteiger partial charge in [-0.2, -0.15) is 0 Å². The number of amides is 1. The zero-order chi connectivity index (χ0) is 29.8. The van der Waals surface area contributed by atoms with E-state index in [0.29, 0.717) is 44.4 Å². The molecule has 0 saturated heterocycles. The first-order valence-corrected chi connectivity index (χ1v) is 14.6. The van der Waals surface area contributed by atoms with Crippen molar-refractivity contribution >= 4 is 43.7 Å². The van der Waals surface area contributed by atoms with Crippen LogP contribution in [0, 0.1) is 11.6 Å². The summed E-state index contributed by atoms with van der Waals surface area (Å²) in [6.07, 6.45) is 1.08. The summed E-state index contributed by atoms with van der Waals surface area (Å²) in [5.74, 6) is -0.855. The molecular weight excluding hydrogens is 564 g/mol. The van der Waals surface area contributed by atoms with Crippen molar-refractivity contribution in [2.75, 3.05) is 24.7 Å². The van der Waals surface area contributed by atoms with Crippen LogP contribution in [0.5, 0.6) is 0 Å². The van der Waals surface area contributed by atoms with Gasteiger partial charge in [0.05, 0.1) is 17.5 Å². The summed E-state index contributed by atoms with van der Waals surface area (Å²) < 4.78 is 65.9. The maximum Gasteiger partial charge on any atom is 0.255 e. The van der Waals surface area contributed by atoms with Gasteiger partial charge in [-0.15, -0.1) is 0 Å². The number of halogens is 2. The second-order valence-electron chi connectivity index (χ2n) is 9.70. The molecule has 4 aromatic carbocycles. The molecule has 6 aromatic rings. The van der Waals surface area contributed by atoms with Crippen LogP contribution in [0.15, 0.2) is 87.7 Å². The van der Waals surface area contributed by atoms with Gasteiger partial charge < -0.3 is 14.2 Å². The summed E-state index contributed by atoms with van der Waals surface area (Å²) in [6.45, 7) is 0. The van der Waals surface area contributed by atoms with E-state index < -0.39 is 27.6 Å². The Morgan fingerprint density at radius 3 is 2.29 bits per heavy atom. The molecule has 2 heterocycles. The molecule has 0 radical (unpaired) electrons. The Bertz CT molecular complexity index is 2120. The minimum Gasteiger partial charge on any atom is -0.455 e. The monoisotopic (exact) mass is 587 g/mol. The summed E-state index contributed by atoms with van der Waals surface area (Å²) in [6, 6.07) is 19.9. The number of rotatable bonds is 6. The normalized spacial score (nSPS) is 11.7. The van der Waals surface area contributed by atoms with E-state index in [4.69, 9.17) is 8.83 Å². The van der Waals surface area contributed by atoms with Gasteiger partial charge in [0, 0.05) is 48.3 Å². The number of oxazole rings is 1. The maximum absolute atomic E-state index is 13.7. The van der Waals surface area contributed by atoms with Crippen molar-refractivity contribution in [3.63, 3.8) is 0 Å². The van der Waals surface area contributed by atoms with Crippen molar-refractivity contribution in [2.24, 2.45) is 0 Å². The van der Waals surface area contributed by atoms with Gasteiger partial charge in [-0.3, -0.25) is 9.10 Å². The second kappa shape index (κ2) is 10.1. The van der Waals surface area contributed by atoms with Gasteiger partial charge in [0.15, 0.2) is 5.58 Å². The zero-order valence-electron chi connectivity index (χ0n) is 22.6. The molecule has 0 fully saturated rings. The number of hydrogen-bond acceptors (Lipinski definition) is 6. The molecule has 0 aliphatic heterocycles. The fraction of sp³-hybridized carbons (Fsp3) is 0.0968. The number of anilines is 1. The van der Waals surface area contributed by atoms with Crippen molar-refractivity contribution < 1.29 is 30.8 Å². The first kappa shape index (κ1) is 27.2. The third-order valence-electron chi connectivity index (χ3n) is 6.97.